The summed E-state index contributed by atoms with van der Waals surface area (Å²) in [7, 11) is 1.56. The number of benzene rings is 1. The van der Waals surface area contributed by atoms with Crippen LogP contribution in [0.15, 0.2) is 18.2 Å². The van der Waals surface area contributed by atoms with Crippen molar-refractivity contribution in [2.24, 2.45) is 0 Å². The van der Waals surface area contributed by atoms with Crippen molar-refractivity contribution in [2.45, 2.75) is 19.4 Å². The smallest absolute Gasteiger partial charge is 0.338 e. The van der Waals surface area contributed by atoms with Crippen LogP contribution in [0.4, 0.5) is 0 Å². The molecule has 5 nitrogen and oxygen atoms in total. The van der Waals surface area contributed by atoms with Gasteiger partial charge in [0.15, 0.2) is 0 Å². The summed E-state index contributed by atoms with van der Waals surface area (Å²) in [6.07, 6.45) is -0.228. The van der Waals surface area contributed by atoms with E-state index >= 15 is 0 Å². The van der Waals surface area contributed by atoms with Crippen molar-refractivity contribution in [3.63, 3.8) is 0 Å². The van der Waals surface area contributed by atoms with E-state index in [0.29, 0.717) is 17.7 Å². The Kier molecular flexibility index (Phi) is 5.61. The number of aryl methyl sites for hydroxylation is 1. The van der Waals surface area contributed by atoms with E-state index in [9.17, 15) is 4.79 Å². The molecule has 1 aromatic carbocycles. The van der Waals surface area contributed by atoms with Crippen LogP contribution >= 0.6 is 0 Å². The maximum Gasteiger partial charge on any atom is 0.338 e. The van der Waals surface area contributed by atoms with E-state index < -0.39 is 25.3 Å². The molecule has 1 aromatic rings. The van der Waals surface area contributed by atoms with Crippen molar-refractivity contribution in [3.8, 4) is 5.75 Å². The standard InChI is InChI=1S/C13H18O5/c1-3-9-6-10(17-2)4-5-12(9)13(16)18-11(7-14)8-15/h4-6,11,14-15H,3,7-8H2,1-2H3. The molecule has 1 rings (SSSR count). The molecule has 0 atom stereocenters. The normalized spacial score (nSPS) is 10.5. The zero-order valence-electron chi connectivity index (χ0n) is 10.5. The van der Waals surface area contributed by atoms with Crippen molar-refractivity contribution in [3.05, 3.63) is 29.3 Å². The van der Waals surface area contributed by atoms with Crippen molar-refractivity contribution < 1.29 is 24.5 Å². The predicted molar refractivity (Wildman–Crippen MR) is 65.7 cm³/mol. The van der Waals surface area contributed by atoms with Gasteiger partial charge in [0, 0.05) is 0 Å². The Hall–Kier alpha value is -1.59. The molecule has 0 radical (unpaired) electrons. The van der Waals surface area contributed by atoms with E-state index in [1.807, 2.05) is 6.92 Å². The van der Waals surface area contributed by atoms with E-state index in [-0.39, 0.29) is 0 Å². The SMILES string of the molecule is CCc1cc(OC)ccc1C(=O)OC(CO)CO. The Morgan fingerprint density at radius 3 is 2.50 bits per heavy atom. The summed E-state index contributed by atoms with van der Waals surface area (Å²) in [4.78, 5) is 11.9. The molecule has 0 fully saturated rings. The Morgan fingerprint density at radius 1 is 1.33 bits per heavy atom. The van der Waals surface area contributed by atoms with Crippen LogP contribution in [-0.4, -0.2) is 42.6 Å². The second kappa shape index (κ2) is 6.98. The van der Waals surface area contributed by atoms with Crippen LogP contribution in [-0.2, 0) is 11.2 Å². The summed E-state index contributed by atoms with van der Waals surface area (Å²) >= 11 is 0. The fraction of sp³-hybridized carbons (Fsp3) is 0.462. The van der Waals surface area contributed by atoms with Gasteiger partial charge in [-0.05, 0) is 30.2 Å². The van der Waals surface area contributed by atoms with E-state index in [2.05, 4.69) is 0 Å². The van der Waals surface area contributed by atoms with Crippen LogP contribution in [0.25, 0.3) is 0 Å². The van der Waals surface area contributed by atoms with Crippen LogP contribution in [0.2, 0.25) is 0 Å². The van der Waals surface area contributed by atoms with Crippen molar-refractivity contribution in [1.82, 2.24) is 0 Å². The highest BCUT2D eigenvalue weighted by atomic mass is 16.6. The molecule has 0 aliphatic heterocycles. The Bertz CT molecular complexity index is 398. The van der Waals surface area contributed by atoms with Crippen molar-refractivity contribution in [2.75, 3.05) is 20.3 Å². The lowest BCUT2D eigenvalue weighted by atomic mass is 10.0. The van der Waals surface area contributed by atoms with Crippen molar-refractivity contribution >= 4 is 5.97 Å². The monoisotopic (exact) mass is 254 g/mol. The van der Waals surface area contributed by atoms with Crippen LogP contribution in [0.1, 0.15) is 22.8 Å². The fourth-order valence-corrected chi connectivity index (χ4v) is 1.54. The quantitative estimate of drug-likeness (QED) is 0.733. The summed E-state index contributed by atoms with van der Waals surface area (Å²) in [5.74, 6) is 0.117. The summed E-state index contributed by atoms with van der Waals surface area (Å²) < 4.78 is 10.1. The summed E-state index contributed by atoms with van der Waals surface area (Å²) in [6, 6.07) is 5.05. The van der Waals surface area contributed by atoms with Gasteiger partial charge < -0.3 is 19.7 Å². The highest BCUT2D eigenvalue weighted by molar-refractivity contribution is 5.91. The number of hydrogen-bond acceptors (Lipinski definition) is 5. The number of aliphatic hydroxyl groups is 2. The van der Waals surface area contributed by atoms with Gasteiger partial charge in [0.1, 0.15) is 11.9 Å². The van der Waals surface area contributed by atoms with E-state index in [0.717, 1.165) is 5.56 Å². The van der Waals surface area contributed by atoms with Crippen LogP contribution in [0.3, 0.4) is 0 Å². The van der Waals surface area contributed by atoms with Gasteiger partial charge in [-0.25, -0.2) is 4.79 Å². The molecule has 5 heteroatoms. The summed E-state index contributed by atoms with van der Waals surface area (Å²) in [5, 5.41) is 17.7. The second-order valence-electron chi connectivity index (χ2n) is 3.77. The van der Waals surface area contributed by atoms with Gasteiger partial charge in [0.2, 0.25) is 0 Å². The molecule has 0 amide bonds. The number of methoxy groups -OCH3 is 1. The average Bonchev–Trinajstić information content (AvgIpc) is 2.43. The molecule has 0 aliphatic rings. The lowest BCUT2D eigenvalue weighted by molar-refractivity contribution is -0.00554. The van der Waals surface area contributed by atoms with Crippen LogP contribution in [0, 0.1) is 0 Å². The first-order valence-electron chi connectivity index (χ1n) is 5.75. The van der Waals surface area contributed by atoms with Gasteiger partial charge in [-0.15, -0.1) is 0 Å². The molecule has 0 unspecified atom stereocenters. The molecule has 0 bridgehead atoms. The van der Waals surface area contributed by atoms with E-state index in [1.165, 1.54) is 0 Å². The Balaban J connectivity index is 2.91. The van der Waals surface area contributed by atoms with E-state index in [1.54, 1.807) is 25.3 Å². The average molecular weight is 254 g/mol. The lowest BCUT2D eigenvalue weighted by Gasteiger charge is -2.14. The highest BCUT2D eigenvalue weighted by Gasteiger charge is 2.17. The third-order valence-electron chi connectivity index (χ3n) is 2.59. The molecule has 18 heavy (non-hydrogen) atoms. The number of esters is 1. The summed E-state index contributed by atoms with van der Waals surface area (Å²) in [6.45, 7) is 1.11. The lowest BCUT2D eigenvalue weighted by Crippen LogP contribution is -2.26. The number of carbonyl (C=O) groups is 1. The number of rotatable bonds is 6. The number of hydrogen-bond donors (Lipinski definition) is 2. The van der Waals surface area contributed by atoms with Crippen molar-refractivity contribution in [1.29, 1.82) is 0 Å². The number of ether oxygens (including phenoxy) is 2. The highest BCUT2D eigenvalue weighted by Crippen LogP contribution is 2.19. The Morgan fingerprint density at radius 2 is 2.00 bits per heavy atom. The molecular formula is C13H18O5. The molecule has 0 heterocycles. The fourth-order valence-electron chi connectivity index (χ4n) is 1.54. The predicted octanol–water partition coefficient (Wildman–Crippen LogP) is 0.768. The Labute approximate surface area is 106 Å². The molecular weight excluding hydrogens is 236 g/mol. The first-order chi connectivity index (χ1) is 8.65. The molecule has 100 valence electrons. The minimum atomic E-state index is -0.885. The number of aliphatic hydroxyl groups excluding tert-OH is 2. The largest absolute Gasteiger partial charge is 0.497 e. The first kappa shape index (κ1) is 14.5. The molecule has 2 N–H and O–H groups in total. The van der Waals surface area contributed by atoms with Gasteiger partial charge in [-0.1, -0.05) is 6.92 Å². The van der Waals surface area contributed by atoms with Crippen LogP contribution < -0.4 is 4.74 Å². The number of carbonyl (C=O) groups excluding carboxylic acids is 1. The van der Waals surface area contributed by atoms with E-state index in [4.69, 9.17) is 19.7 Å². The zero-order valence-corrected chi connectivity index (χ0v) is 10.5. The molecule has 0 saturated carbocycles. The minimum absolute atomic E-state index is 0.403. The van der Waals surface area contributed by atoms with Gasteiger partial charge in [-0.3, -0.25) is 0 Å². The maximum atomic E-state index is 11.9. The van der Waals surface area contributed by atoms with Gasteiger partial charge in [-0.2, -0.15) is 0 Å². The third kappa shape index (κ3) is 3.45. The third-order valence-corrected chi connectivity index (χ3v) is 2.59. The van der Waals surface area contributed by atoms with Gasteiger partial charge >= 0.3 is 5.97 Å². The van der Waals surface area contributed by atoms with Gasteiger partial charge in [0.25, 0.3) is 0 Å². The maximum absolute atomic E-state index is 11.9. The molecule has 0 spiro atoms. The molecule has 0 aliphatic carbocycles. The van der Waals surface area contributed by atoms with Crippen LogP contribution in [0.5, 0.6) is 5.75 Å². The first-order valence-corrected chi connectivity index (χ1v) is 5.75. The topological polar surface area (TPSA) is 76.0 Å². The second-order valence-corrected chi connectivity index (χ2v) is 3.77. The van der Waals surface area contributed by atoms with Gasteiger partial charge in [0.05, 0.1) is 25.9 Å². The molecule has 0 aromatic heterocycles. The minimum Gasteiger partial charge on any atom is -0.497 e. The summed E-state index contributed by atoms with van der Waals surface area (Å²) in [5.41, 5.74) is 1.22. The molecule has 0 saturated heterocycles. The zero-order chi connectivity index (χ0) is 13.5.